The third-order valence-electron chi connectivity index (χ3n) is 6.77. The number of nitrogens with zero attached hydrogens (tertiary/aromatic N) is 1. The fourth-order valence-electron chi connectivity index (χ4n) is 5.82. The van der Waals surface area contributed by atoms with Crippen LogP contribution >= 0.6 is 0 Å². The molecule has 1 saturated carbocycles. The third kappa shape index (κ3) is 2.48. The van der Waals surface area contributed by atoms with Gasteiger partial charge in [0, 0.05) is 23.7 Å². The predicted molar refractivity (Wildman–Crippen MR) is 99.0 cm³/mol. The summed E-state index contributed by atoms with van der Waals surface area (Å²) in [5.74, 6) is 3.23. The van der Waals surface area contributed by atoms with Crippen molar-refractivity contribution in [3.8, 4) is 11.6 Å². The van der Waals surface area contributed by atoms with E-state index in [1.165, 1.54) is 37.8 Å². The molecule has 1 aromatic heterocycles. The molecule has 2 aromatic rings. The SMILES string of the molecule is CC1CC[C@H]2[C@H]3Cc4cc(Oc5ccccn5)ccc4[C@@]2(CCN3)C1. The summed E-state index contributed by atoms with van der Waals surface area (Å²) in [5, 5.41) is 3.82. The molecule has 1 saturated heterocycles. The Morgan fingerprint density at radius 3 is 3.04 bits per heavy atom. The van der Waals surface area contributed by atoms with Crippen LogP contribution in [0.15, 0.2) is 42.6 Å². The molecule has 3 nitrogen and oxygen atoms in total. The zero-order valence-corrected chi connectivity index (χ0v) is 14.9. The Hall–Kier alpha value is -1.87. The number of pyridine rings is 1. The van der Waals surface area contributed by atoms with Gasteiger partial charge in [-0.3, -0.25) is 0 Å². The second-order valence-corrected chi connectivity index (χ2v) is 8.25. The number of ether oxygens (including phenoxy) is 1. The van der Waals surface area contributed by atoms with Crippen LogP contribution in [-0.2, 0) is 11.8 Å². The quantitative estimate of drug-likeness (QED) is 0.880. The summed E-state index contributed by atoms with van der Waals surface area (Å²) in [4.78, 5) is 4.28. The molecule has 25 heavy (non-hydrogen) atoms. The van der Waals surface area contributed by atoms with Gasteiger partial charge in [-0.25, -0.2) is 4.98 Å². The van der Waals surface area contributed by atoms with Crippen LogP contribution in [0.1, 0.15) is 43.7 Å². The van der Waals surface area contributed by atoms with Gasteiger partial charge >= 0.3 is 0 Å². The van der Waals surface area contributed by atoms with Crippen molar-refractivity contribution in [3.63, 3.8) is 0 Å². The highest BCUT2D eigenvalue weighted by atomic mass is 16.5. The molecule has 130 valence electrons. The maximum absolute atomic E-state index is 5.99. The van der Waals surface area contributed by atoms with Gasteiger partial charge in [-0.2, -0.15) is 0 Å². The number of piperidine rings is 1. The normalized spacial score (nSPS) is 33.2. The van der Waals surface area contributed by atoms with Crippen molar-refractivity contribution in [2.45, 2.75) is 50.5 Å². The fourth-order valence-corrected chi connectivity index (χ4v) is 5.82. The molecular weight excluding hydrogens is 308 g/mol. The molecule has 1 aliphatic heterocycles. The topological polar surface area (TPSA) is 34.1 Å². The van der Waals surface area contributed by atoms with Crippen LogP contribution in [0, 0.1) is 11.8 Å². The summed E-state index contributed by atoms with van der Waals surface area (Å²) in [5.41, 5.74) is 3.48. The standard InChI is InChI=1S/C22H26N2O/c1-15-5-7-19-20-13-16-12-17(25-21-4-2-3-10-24-21)6-8-18(16)22(19,14-15)9-11-23-20/h2-4,6,8,10,12,15,19-20,23H,5,7,9,11,13-14H2,1H3/t15?,19-,20+,22+/m0/s1. The van der Waals surface area contributed by atoms with Gasteiger partial charge < -0.3 is 10.1 Å². The molecule has 1 N–H and O–H groups in total. The Balaban J connectivity index is 1.53. The van der Waals surface area contributed by atoms with Gasteiger partial charge in [0.1, 0.15) is 5.75 Å². The molecule has 3 aliphatic rings. The number of hydrogen-bond acceptors (Lipinski definition) is 3. The molecular formula is C22H26N2O. The highest BCUT2D eigenvalue weighted by Crippen LogP contribution is 2.55. The second-order valence-electron chi connectivity index (χ2n) is 8.25. The van der Waals surface area contributed by atoms with Crippen molar-refractivity contribution >= 4 is 0 Å². The number of hydrogen-bond donors (Lipinski definition) is 1. The molecule has 2 bridgehead atoms. The first kappa shape index (κ1) is 15.4. The van der Waals surface area contributed by atoms with E-state index < -0.39 is 0 Å². The highest BCUT2D eigenvalue weighted by Gasteiger charge is 2.52. The molecule has 1 unspecified atom stereocenters. The van der Waals surface area contributed by atoms with Crippen molar-refractivity contribution in [3.05, 3.63) is 53.7 Å². The molecule has 0 amide bonds. The Bertz CT molecular complexity index is 775. The Morgan fingerprint density at radius 1 is 1.20 bits per heavy atom. The summed E-state index contributed by atoms with van der Waals surface area (Å²) in [6, 6.07) is 13.2. The van der Waals surface area contributed by atoms with Crippen molar-refractivity contribution < 1.29 is 4.74 Å². The van der Waals surface area contributed by atoms with Gasteiger partial charge in [0.15, 0.2) is 0 Å². The van der Waals surface area contributed by atoms with E-state index in [4.69, 9.17) is 4.74 Å². The van der Waals surface area contributed by atoms with Crippen LogP contribution < -0.4 is 10.1 Å². The van der Waals surface area contributed by atoms with E-state index in [1.807, 2.05) is 18.2 Å². The lowest BCUT2D eigenvalue weighted by molar-refractivity contribution is 0.0564. The van der Waals surface area contributed by atoms with Crippen LogP contribution in [0.3, 0.4) is 0 Å². The Kier molecular flexibility index (Phi) is 3.60. The minimum Gasteiger partial charge on any atom is -0.439 e. The van der Waals surface area contributed by atoms with Crippen LogP contribution in [0.4, 0.5) is 0 Å². The van der Waals surface area contributed by atoms with Crippen molar-refractivity contribution in [2.75, 3.05) is 6.54 Å². The van der Waals surface area contributed by atoms with E-state index in [-0.39, 0.29) is 0 Å². The number of benzene rings is 1. The molecule has 0 spiro atoms. The van der Waals surface area contributed by atoms with Crippen LogP contribution in [-0.4, -0.2) is 17.6 Å². The molecule has 0 radical (unpaired) electrons. The zero-order valence-electron chi connectivity index (χ0n) is 14.9. The molecule has 4 atom stereocenters. The van der Waals surface area contributed by atoms with Crippen molar-refractivity contribution in [2.24, 2.45) is 11.8 Å². The first-order valence-corrected chi connectivity index (χ1v) is 9.70. The summed E-state index contributed by atoms with van der Waals surface area (Å²) in [6.07, 6.45) is 8.31. The van der Waals surface area contributed by atoms with E-state index in [9.17, 15) is 0 Å². The average molecular weight is 334 g/mol. The predicted octanol–water partition coefficient (Wildman–Crippen LogP) is 4.47. The van der Waals surface area contributed by atoms with Crippen molar-refractivity contribution in [1.82, 2.24) is 10.3 Å². The van der Waals surface area contributed by atoms with Crippen LogP contribution in [0.25, 0.3) is 0 Å². The molecule has 2 heterocycles. The number of rotatable bonds is 2. The van der Waals surface area contributed by atoms with E-state index in [0.29, 0.717) is 17.3 Å². The van der Waals surface area contributed by atoms with E-state index in [1.54, 1.807) is 11.8 Å². The largest absolute Gasteiger partial charge is 0.439 e. The van der Waals surface area contributed by atoms with Crippen molar-refractivity contribution in [1.29, 1.82) is 0 Å². The van der Waals surface area contributed by atoms with Crippen LogP contribution in [0.2, 0.25) is 0 Å². The number of aromatic nitrogens is 1. The number of fused-ring (bicyclic) bond motifs is 1. The van der Waals surface area contributed by atoms with E-state index in [2.05, 4.69) is 35.4 Å². The third-order valence-corrected chi connectivity index (χ3v) is 6.77. The van der Waals surface area contributed by atoms with E-state index >= 15 is 0 Å². The van der Waals surface area contributed by atoms with Gasteiger partial charge in [0.25, 0.3) is 0 Å². The smallest absolute Gasteiger partial charge is 0.219 e. The van der Waals surface area contributed by atoms with Crippen LogP contribution in [0.5, 0.6) is 11.6 Å². The molecule has 2 aliphatic carbocycles. The summed E-state index contributed by atoms with van der Waals surface area (Å²) < 4.78 is 5.99. The minimum atomic E-state index is 0.394. The molecule has 5 rings (SSSR count). The maximum atomic E-state index is 5.99. The lowest BCUT2D eigenvalue weighted by Gasteiger charge is -2.57. The van der Waals surface area contributed by atoms with Gasteiger partial charge in [0.2, 0.25) is 5.88 Å². The fraction of sp³-hybridized carbons (Fsp3) is 0.500. The average Bonchev–Trinajstić information content (AvgIpc) is 2.62. The monoisotopic (exact) mass is 334 g/mol. The second kappa shape index (κ2) is 5.84. The Morgan fingerprint density at radius 2 is 2.16 bits per heavy atom. The van der Waals surface area contributed by atoms with Gasteiger partial charge in [-0.1, -0.05) is 25.5 Å². The van der Waals surface area contributed by atoms with Gasteiger partial charge in [0.05, 0.1) is 0 Å². The number of nitrogens with one attached hydrogen (secondary N) is 1. The first-order chi connectivity index (χ1) is 12.2. The first-order valence-electron chi connectivity index (χ1n) is 9.70. The summed E-state index contributed by atoms with van der Waals surface area (Å²) in [6.45, 7) is 3.61. The maximum Gasteiger partial charge on any atom is 0.219 e. The summed E-state index contributed by atoms with van der Waals surface area (Å²) in [7, 11) is 0. The molecule has 3 heteroatoms. The van der Waals surface area contributed by atoms with E-state index in [0.717, 1.165) is 24.0 Å². The highest BCUT2D eigenvalue weighted by molar-refractivity contribution is 5.46. The Labute approximate surface area is 149 Å². The lowest BCUT2D eigenvalue weighted by atomic mass is 9.51. The van der Waals surface area contributed by atoms with Gasteiger partial charge in [-0.05, 0) is 73.4 Å². The lowest BCUT2D eigenvalue weighted by Crippen LogP contribution is -2.60. The minimum absolute atomic E-state index is 0.394. The zero-order chi connectivity index (χ0) is 16.9. The summed E-state index contributed by atoms with van der Waals surface area (Å²) >= 11 is 0. The molecule has 1 aromatic carbocycles. The van der Waals surface area contributed by atoms with Gasteiger partial charge in [-0.15, -0.1) is 0 Å². The molecule has 2 fully saturated rings.